The Kier molecular flexibility index (Phi) is 5.32. The molecule has 0 radical (unpaired) electrons. The van der Waals surface area contributed by atoms with Crippen molar-refractivity contribution in [1.29, 1.82) is 0 Å². The van der Waals surface area contributed by atoms with Crippen LogP contribution in [0.4, 0.5) is 0 Å². The molecule has 1 saturated heterocycles. The van der Waals surface area contributed by atoms with Gasteiger partial charge >= 0.3 is 0 Å². The molecule has 1 aromatic carbocycles. The molecule has 2 aromatic heterocycles. The molecule has 27 heavy (non-hydrogen) atoms. The van der Waals surface area contributed by atoms with E-state index in [2.05, 4.69) is 41.1 Å². The Labute approximate surface area is 164 Å². The summed E-state index contributed by atoms with van der Waals surface area (Å²) in [4.78, 5) is 23.5. The molecule has 0 saturated carbocycles. The van der Waals surface area contributed by atoms with E-state index in [0.717, 1.165) is 41.6 Å². The number of hydrogen-bond donors (Lipinski definition) is 0. The minimum Gasteiger partial charge on any atom is -0.335 e. The van der Waals surface area contributed by atoms with Gasteiger partial charge in [-0.25, -0.2) is 0 Å². The Morgan fingerprint density at radius 3 is 2.41 bits per heavy atom. The normalized spacial score (nSPS) is 16.3. The lowest BCUT2D eigenvalue weighted by molar-refractivity contribution is 0.0586. The number of hydrogen-bond acceptors (Lipinski definition) is 4. The van der Waals surface area contributed by atoms with Crippen molar-refractivity contribution in [2.45, 2.75) is 13.0 Å². The minimum absolute atomic E-state index is 0.134. The van der Waals surface area contributed by atoms with Gasteiger partial charge in [0.1, 0.15) is 0 Å². The van der Waals surface area contributed by atoms with E-state index in [1.807, 2.05) is 41.3 Å². The van der Waals surface area contributed by atoms with E-state index >= 15 is 0 Å². The van der Waals surface area contributed by atoms with Gasteiger partial charge in [0, 0.05) is 38.4 Å². The van der Waals surface area contributed by atoms with E-state index < -0.39 is 0 Å². The third kappa shape index (κ3) is 3.94. The van der Waals surface area contributed by atoms with Gasteiger partial charge < -0.3 is 4.90 Å². The highest BCUT2D eigenvalue weighted by Gasteiger charge is 2.26. The minimum atomic E-state index is 0.134. The fourth-order valence-corrected chi connectivity index (χ4v) is 4.46. The van der Waals surface area contributed by atoms with Crippen LogP contribution in [0, 0.1) is 0 Å². The second-order valence-corrected chi connectivity index (χ2v) is 7.88. The van der Waals surface area contributed by atoms with Gasteiger partial charge in [-0.15, -0.1) is 11.3 Å². The lowest BCUT2D eigenvalue weighted by Gasteiger charge is -2.38. The maximum Gasteiger partial charge on any atom is 0.264 e. The number of amides is 1. The van der Waals surface area contributed by atoms with Crippen LogP contribution in [0.1, 0.15) is 28.2 Å². The Balaban J connectivity index is 1.38. The molecule has 1 atom stereocenters. The maximum atomic E-state index is 12.9. The first kappa shape index (κ1) is 17.9. The number of rotatable bonds is 4. The van der Waals surface area contributed by atoms with Gasteiger partial charge in [0.05, 0.1) is 15.4 Å². The van der Waals surface area contributed by atoms with Crippen LogP contribution in [0.2, 0.25) is 0 Å². The van der Waals surface area contributed by atoms with Crippen molar-refractivity contribution in [2.75, 3.05) is 26.2 Å². The number of aromatic nitrogens is 1. The topological polar surface area (TPSA) is 36.4 Å². The van der Waals surface area contributed by atoms with Crippen LogP contribution in [-0.2, 0) is 0 Å². The Morgan fingerprint density at radius 2 is 1.70 bits per heavy atom. The number of carbonyl (C=O) groups is 1. The molecule has 3 aromatic rings. The van der Waals surface area contributed by atoms with Crippen molar-refractivity contribution in [3.63, 3.8) is 0 Å². The van der Waals surface area contributed by atoms with Crippen molar-refractivity contribution in [2.24, 2.45) is 0 Å². The van der Waals surface area contributed by atoms with E-state index in [1.54, 1.807) is 6.20 Å². The highest BCUT2D eigenvalue weighted by Crippen LogP contribution is 2.28. The zero-order valence-electron chi connectivity index (χ0n) is 15.4. The first-order valence-corrected chi connectivity index (χ1v) is 10.1. The summed E-state index contributed by atoms with van der Waals surface area (Å²) in [6, 6.07) is 20.7. The Morgan fingerprint density at radius 1 is 0.963 bits per heavy atom. The Hall–Kier alpha value is -2.50. The molecule has 4 nitrogen and oxygen atoms in total. The fourth-order valence-electron chi connectivity index (χ4n) is 3.51. The predicted octanol–water partition coefficient (Wildman–Crippen LogP) is 4.33. The molecule has 0 bridgehead atoms. The monoisotopic (exact) mass is 377 g/mol. The molecule has 1 aliphatic heterocycles. The zero-order valence-corrected chi connectivity index (χ0v) is 16.2. The van der Waals surface area contributed by atoms with Gasteiger partial charge in [-0.1, -0.05) is 36.4 Å². The Bertz CT molecular complexity index is 886. The summed E-state index contributed by atoms with van der Waals surface area (Å²) >= 11 is 1.52. The summed E-state index contributed by atoms with van der Waals surface area (Å²) in [6.45, 7) is 5.59. The second kappa shape index (κ2) is 8.03. The van der Waals surface area contributed by atoms with Crippen LogP contribution < -0.4 is 0 Å². The van der Waals surface area contributed by atoms with Gasteiger partial charge in [-0.3, -0.25) is 14.7 Å². The maximum absolute atomic E-state index is 12.9. The highest BCUT2D eigenvalue weighted by atomic mass is 32.1. The van der Waals surface area contributed by atoms with Crippen LogP contribution in [0.3, 0.4) is 0 Å². The number of carbonyl (C=O) groups excluding carboxylic acids is 1. The van der Waals surface area contributed by atoms with Crippen molar-refractivity contribution < 1.29 is 4.79 Å². The summed E-state index contributed by atoms with van der Waals surface area (Å²) in [5.74, 6) is 0.134. The summed E-state index contributed by atoms with van der Waals surface area (Å²) in [5.41, 5.74) is 2.25. The van der Waals surface area contributed by atoms with E-state index in [1.165, 1.54) is 16.9 Å². The molecule has 138 valence electrons. The summed E-state index contributed by atoms with van der Waals surface area (Å²) in [6.07, 6.45) is 1.78. The molecular weight excluding hydrogens is 354 g/mol. The van der Waals surface area contributed by atoms with Crippen LogP contribution >= 0.6 is 11.3 Å². The molecular formula is C22H23N3OS. The largest absolute Gasteiger partial charge is 0.335 e. The van der Waals surface area contributed by atoms with Crippen molar-refractivity contribution in [3.05, 3.63) is 77.3 Å². The molecule has 4 rings (SSSR count). The molecule has 0 N–H and O–H groups in total. The van der Waals surface area contributed by atoms with Gasteiger partial charge in [-0.05, 0) is 36.8 Å². The molecule has 0 aliphatic carbocycles. The highest BCUT2D eigenvalue weighted by molar-refractivity contribution is 7.17. The standard InChI is InChI=1S/C22H23N3OS/c1-17(18-7-3-2-4-8-18)24-13-15-25(16-14-24)22(26)21-11-10-20(27-21)19-9-5-6-12-23-19/h2-12,17H,13-16H2,1H3. The SMILES string of the molecule is CC(c1ccccc1)N1CCN(C(=O)c2ccc(-c3ccccn3)s2)CC1. The molecule has 1 amide bonds. The average molecular weight is 378 g/mol. The lowest BCUT2D eigenvalue weighted by Crippen LogP contribution is -2.49. The van der Waals surface area contributed by atoms with Gasteiger partial charge in [0.25, 0.3) is 5.91 Å². The van der Waals surface area contributed by atoms with E-state index in [9.17, 15) is 4.79 Å². The molecule has 3 heterocycles. The first-order chi connectivity index (χ1) is 13.2. The molecule has 0 spiro atoms. The lowest BCUT2D eigenvalue weighted by atomic mass is 10.1. The molecule has 5 heteroatoms. The quantitative estimate of drug-likeness (QED) is 0.679. The predicted molar refractivity (Wildman–Crippen MR) is 110 cm³/mol. The first-order valence-electron chi connectivity index (χ1n) is 9.32. The average Bonchev–Trinajstić information content (AvgIpc) is 3.24. The van der Waals surface area contributed by atoms with E-state index in [-0.39, 0.29) is 5.91 Å². The molecule has 1 aliphatic rings. The smallest absolute Gasteiger partial charge is 0.264 e. The molecule has 1 unspecified atom stereocenters. The molecule has 1 fully saturated rings. The number of thiophene rings is 1. The van der Waals surface area contributed by atoms with Gasteiger partial charge in [-0.2, -0.15) is 0 Å². The number of nitrogens with zero attached hydrogens (tertiary/aromatic N) is 3. The summed E-state index contributed by atoms with van der Waals surface area (Å²) in [5, 5.41) is 0. The van der Waals surface area contributed by atoms with Gasteiger partial charge in [0.15, 0.2) is 0 Å². The van der Waals surface area contributed by atoms with E-state index in [4.69, 9.17) is 0 Å². The van der Waals surface area contributed by atoms with Crippen LogP contribution in [0.25, 0.3) is 10.6 Å². The number of pyridine rings is 1. The fraction of sp³-hybridized carbons (Fsp3) is 0.273. The third-order valence-electron chi connectivity index (χ3n) is 5.17. The number of benzene rings is 1. The second-order valence-electron chi connectivity index (χ2n) is 6.79. The number of piperazine rings is 1. The summed E-state index contributed by atoms with van der Waals surface area (Å²) in [7, 11) is 0. The van der Waals surface area contributed by atoms with Crippen molar-refractivity contribution >= 4 is 17.2 Å². The van der Waals surface area contributed by atoms with Crippen LogP contribution in [0.15, 0.2) is 66.9 Å². The van der Waals surface area contributed by atoms with Gasteiger partial charge in [0.2, 0.25) is 0 Å². The van der Waals surface area contributed by atoms with Crippen LogP contribution in [0.5, 0.6) is 0 Å². The third-order valence-corrected chi connectivity index (χ3v) is 6.26. The van der Waals surface area contributed by atoms with Crippen molar-refractivity contribution in [1.82, 2.24) is 14.8 Å². The van der Waals surface area contributed by atoms with Crippen molar-refractivity contribution in [3.8, 4) is 10.6 Å². The summed E-state index contributed by atoms with van der Waals surface area (Å²) < 4.78 is 0. The van der Waals surface area contributed by atoms with Crippen LogP contribution in [-0.4, -0.2) is 46.9 Å². The zero-order chi connectivity index (χ0) is 18.6. The van der Waals surface area contributed by atoms with E-state index in [0.29, 0.717) is 6.04 Å².